The first kappa shape index (κ1) is 10.5. The van der Waals surface area contributed by atoms with Crippen molar-refractivity contribution in [1.29, 1.82) is 0 Å². The molecular formula is C11H16O5. The fraction of sp³-hybridized carbons (Fsp3) is 0.909. The summed E-state index contributed by atoms with van der Waals surface area (Å²) in [7, 11) is 3.18. The third-order valence-corrected chi connectivity index (χ3v) is 4.01. The van der Waals surface area contributed by atoms with Gasteiger partial charge < -0.3 is 18.9 Å². The highest BCUT2D eigenvalue weighted by Gasteiger charge is 2.58. The van der Waals surface area contributed by atoms with Crippen LogP contribution in [0.1, 0.15) is 12.8 Å². The molecule has 1 aliphatic carbocycles. The van der Waals surface area contributed by atoms with E-state index in [2.05, 4.69) is 0 Å². The van der Waals surface area contributed by atoms with Crippen molar-refractivity contribution in [2.24, 2.45) is 17.8 Å². The lowest BCUT2D eigenvalue weighted by Gasteiger charge is -2.42. The van der Waals surface area contributed by atoms with Crippen molar-refractivity contribution in [2.45, 2.75) is 31.5 Å². The number of esters is 1. The molecule has 0 N–H and O–H groups in total. The zero-order valence-corrected chi connectivity index (χ0v) is 9.42. The molecule has 5 heteroatoms. The van der Waals surface area contributed by atoms with Gasteiger partial charge in [-0.05, 0) is 18.8 Å². The van der Waals surface area contributed by atoms with Gasteiger partial charge >= 0.3 is 5.97 Å². The Kier molecular flexibility index (Phi) is 2.42. The van der Waals surface area contributed by atoms with Crippen LogP contribution in [-0.4, -0.2) is 38.9 Å². The molecule has 2 saturated heterocycles. The highest BCUT2D eigenvalue weighted by atomic mass is 16.8. The minimum Gasteiger partial charge on any atom is -0.462 e. The molecule has 2 heterocycles. The van der Waals surface area contributed by atoms with Crippen LogP contribution in [0.2, 0.25) is 0 Å². The molecule has 0 spiro atoms. The molecule has 1 saturated carbocycles. The maximum atomic E-state index is 11.8. The van der Waals surface area contributed by atoms with Gasteiger partial charge in [-0.2, -0.15) is 0 Å². The van der Waals surface area contributed by atoms with Gasteiger partial charge in [-0.3, -0.25) is 4.79 Å². The smallest absolute Gasteiger partial charge is 0.314 e. The number of fused-ring (bicyclic) bond motifs is 1. The molecule has 0 amide bonds. The van der Waals surface area contributed by atoms with Gasteiger partial charge in [-0.25, -0.2) is 0 Å². The van der Waals surface area contributed by atoms with E-state index in [4.69, 9.17) is 18.9 Å². The van der Waals surface area contributed by atoms with E-state index in [1.807, 2.05) is 0 Å². The summed E-state index contributed by atoms with van der Waals surface area (Å²) < 4.78 is 21.6. The summed E-state index contributed by atoms with van der Waals surface area (Å²) in [6.45, 7) is 0. The average Bonchev–Trinajstić information content (AvgIpc) is 2.65. The second kappa shape index (κ2) is 3.68. The van der Waals surface area contributed by atoms with Crippen molar-refractivity contribution in [1.82, 2.24) is 0 Å². The van der Waals surface area contributed by atoms with Crippen LogP contribution in [-0.2, 0) is 23.7 Å². The van der Waals surface area contributed by atoms with E-state index in [0.29, 0.717) is 0 Å². The maximum Gasteiger partial charge on any atom is 0.314 e. The van der Waals surface area contributed by atoms with Crippen LogP contribution in [0.15, 0.2) is 0 Å². The van der Waals surface area contributed by atoms with E-state index in [9.17, 15) is 4.79 Å². The average molecular weight is 228 g/mol. The van der Waals surface area contributed by atoms with Gasteiger partial charge in [0.05, 0.1) is 0 Å². The van der Waals surface area contributed by atoms with Crippen LogP contribution in [0.25, 0.3) is 0 Å². The topological polar surface area (TPSA) is 54.0 Å². The molecule has 6 atom stereocenters. The van der Waals surface area contributed by atoms with Gasteiger partial charge in [0.1, 0.15) is 12.0 Å². The van der Waals surface area contributed by atoms with Crippen molar-refractivity contribution in [3.63, 3.8) is 0 Å². The zero-order chi connectivity index (χ0) is 11.3. The van der Waals surface area contributed by atoms with Gasteiger partial charge in [-0.1, -0.05) is 0 Å². The molecular weight excluding hydrogens is 212 g/mol. The van der Waals surface area contributed by atoms with E-state index in [1.54, 1.807) is 14.2 Å². The summed E-state index contributed by atoms with van der Waals surface area (Å²) in [6.07, 6.45) is 1.02. The van der Waals surface area contributed by atoms with E-state index >= 15 is 0 Å². The van der Waals surface area contributed by atoms with Crippen molar-refractivity contribution in [3.05, 3.63) is 0 Å². The molecule has 0 radical (unpaired) electrons. The second-order valence-corrected chi connectivity index (χ2v) is 4.73. The predicted molar refractivity (Wildman–Crippen MR) is 52.3 cm³/mol. The number of rotatable bonds is 2. The molecule has 3 aliphatic rings. The number of hydrogen-bond donors (Lipinski definition) is 0. The number of methoxy groups -OCH3 is 2. The predicted octanol–water partition coefficient (Wildman–Crippen LogP) is 0.529. The molecule has 0 aromatic carbocycles. The van der Waals surface area contributed by atoms with Crippen LogP contribution in [0.3, 0.4) is 0 Å². The third-order valence-electron chi connectivity index (χ3n) is 4.01. The quantitative estimate of drug-likeness (QED) is 0.645. The van der Waals surface area contributed by atoms with E-state index in [0.717, 1.165) is 12.8 Å². The Hall–Kier alpha value is -0.650. The van der Waals surface area contributed by atoms with Crippen molar-refractivity contribution in [3.8, 4) is 0 Å². The molecule has 2 bridgehead atoms. The highest BCUT2D eigenvalue weighted by Crippen LogP contribution is 2.50. The van der Waals surface area contributed by atoms with Crippen LogP contribution in [0.5, 0.6) is 0 Å². The minimum absolute atomic E-state index is 0.0515. The molecule has 2 unspecified atom stereocenters. The van der Waals surface area contributed by atoms with Crippen molar-refractivity contribution in [2.75, 3.05) is 14.2 Å². The summed E-state index contributed by atoms with van der Waals surface area (Å²) in [5, 5.41) is 0. The summed E-state index contributed by atoms with van der Waals surface area (Å²) in [6, 6.07) is 0. The molecule has 0 aromatic rings. The largest absolute Gasteiger partial charge is 0.462 e. The van der Waals surface area contributed by atoms with Crippen molar-refractivity contribution < 1.29 is 23.7 Å². The number of hydrogen-bond acceptors (Lipinski definition) is 5. The lowest BCUT2D eigenvalue weighted by Crippen LogP contribution is -2.51. The summed E-state index contributed by atoms with van der Waals surface area (Å²) >= 11 is 0. The molecule has 5 nitrogen and oxygen atoms in total. The van der Waals surface area contributed by atoms with E-state index in [-0.39, 0.29) is 36.1 Å². The minimum atomic E-state index is -0.530. The Labute approximate surface area is 94.0 Å². The van der Waals surface area contributed by atoms with Gasteiger partial charge in [0.2, 0.25) is 0 Å². The molecule has 90 valence electrons. The third kappa shape index (κ3) is 1.31. The van der Waals surface area contributed by atoms with Gasteiger partial charge in [0, 0.05) is 20.1 Å². The first-order valence-corrected chi connectivity index (χ1v) is 5.66. The van der Waals surface area contributed by atoms with Gasteiger partial charge in [-0.15, -0.1) is 0 Å². The van der Waals surface area contributed by atoms with Crippen molar-refractivity contribution >= 4 is 5.97 Å². The Morgan fingerprint density at radius 2 is 1.81 bits per heavy atom. The molecule has 3 fully saturated rings. The Bertz CT molecular complexity index is 305. The fourth-order valence-corrected chi connectivity index (χ4v) is 3.36. The molecule has 16 heavy (non-hydrogen) atoms. The first-order chi connectivity index (χ1) is 7.74. The normalized spacial score (nSPS) is 50.2. The number of carbonyl (C=O) groups excluding carboxylic acids is 1. The Morgan fingerprint density at radius 3 is 2.50 bits per heavy atom. The first-order valence-electron chi connectivity index (χ1n) is 5.66. The summed E-state index contributed by atoms with van der Waals surface area (Å²) in [4.78, 5) is 11.8. The van der Waals surface area contributed by atoms with E-state index in [1.165, 1.54) is 0 Å². The molecule has 3 rings (SSSR count). The zero-order valence-electron chi connectivity index (χ0n) is 9.42. The molecule has 2 aliphatic heterocycles. The maximum absolute atomic E-state index is 11.8. The van der Waals surface area contributed by atoms with E-state index < -0.39 is 6.29 Å². The Morgan fingerprint density at radius 1 is 1.12 bits per heavy atom. The van der Waals surface area contributed by atoms with Crippen LogP contribution in [0, 0.1) is 17.8 Å². The fourth-order valence-electron chi connectivity index (χ4n) is 3.36. The highest BCUT2D eigenvalue weighted by molar-refractivity contribution is 5.75. The Balaban J connectivity index is 1.92. The standard InChI is InChI=1S/C11H16O5/c1-13-10-7-4-5-3-6(7)8(9(12)15-5)11(14-2)16-10/h5-8,10-11H,3-4H2,1-2H3/t5-,6+,7-,8-,10?,11?/m1/s1. The second-order valence-electron chi connectivity index (χ2n) is 4.73. The van der Waals surface area contributed by atoms with Crippen LogP contribution >= 0.6 is 0 Å². The summed E-state index contributed by atoms with van der Waals surface area (Å²) in [5.41, 5.74) is 0. The SMILES string of the molecule is COC1OC(OC)[C@@H]2C[C@H]3C[C@@H]2[C@@H]1C(=O)O3. The van der Waals surface area contributed by atoms with Crippen LogP contribution in [0.4, 0.5) is 0 Å². The lowest BCUT2D eigenvalue weighted by molar-refractivity contribution is -0.302. The number of ether oxygens (including phenoxy) is 4. The number of carbonyl (C=O) groups is 1. The monoisotopic (exact) mass is 228 g/mol. The van der Waals surface area contributed by atoms with Crippen LogP contribution < -0.4 is 0 Å². The summed E-state index contributed by atoms with van der Waals surface area (Å²) in [5.74, 6) is 0.0954. The van der Waals surface area contributed by atoms with Gasteiger partial charge in [0.15, 0.2) is 12.6 Å². The van der Waals surface area contributed by atoms with Gasteiger partial charge in [0.25, 0.3) is 0 Å². The molecule has 0 aromatic heterocycles. The lowest BCUT2D eigenvalue weighted by atomic mass is 9.80.